The van der Waals surface area contributed by atoms with Crippen LogP contribution in [0.3, 0.4) is 0 Å². The van der Waals surface area contributed by atoms with Gasteiger partial charge in [0.05, 0.1) is 0 Å². The SMILES string of the molecule is Fc1cccc(F)c1NC1CCN(Cc2ccccc2)C1. The molecule has 1 fully saturated rings. The molecule has 0 aliphatic carbocycles. The maximum atomic E-state index is 13.6. The van der Waals surface area contributed by atoms with Gasteiger partial charge in [0.25, 0.3) is 0 Å². The average molecular weight is 288 g/mol. The second-order valence-electron chi connectivity index (χ2n) is 5.45. The van der Waals surface area contributed by atoms with Crippen molar-refractivity contribution in [3.05, 3.63) is 65.7 Å². The third kappa shape index (κ3) is 3.39. The van der Waals surface area contributed by atoms with Crippen LogP contribution in [-0.2, 0) is 6.54 Å². The zero-order valence-electron chi connectivity index (χ0n) is 11.7. The van der Waals surface area contributed by atoms with E-state index in [4.69, 9.17) is 0 Å². The summed E-state index contributed by atoms with van der Waals surface area (Å²) in [5.41, 5.74) is 1.25. The molecule has 4 heteroatoms. The first-order chi connectivity index (χ1) is 10.2. The summed E-state index contributed by atoms with van der Waals surface area (Å²) in [7, 11) is 0. The Hall–Kier alpha value is -1.94. The third-order valence-electron chi connectivity index (χ3n) is 3.83. The Bertz CT molecular complexity index is 581. The molecular formula is C17H18F2N2. The molecule has 0 radical (unpaired) electrons. The number of para-hydroxylation sites is 1. The second kappa shape index (κ2) is 6.22. The summed E-state index contributed by atoms with van der Waals surface area (Å²) in [6.45, 7) is 2.60. The fraction of sp³-hybridized carbons (Fsp3) is 0.294. The quantitative estimate of drug-likeness (QED) is 0.924. The van der Waals surface area contributed by atoms with Gasteiger partial charge >= 0.3 is 0 Å². The van der Waals surface area contributed by atoms with Gasteiger partial charge < -0.3 is 5.32 Å². The Kier molecular flexibility index (Phi) is 4.15. The summed E-state index contributed by atoms with van der Waals surface area (Å²) in [4.78, 5) is 2.30. The van der Waals surface area contributed by atoms with Crippen molar-refractivity contribution < 1.29 is 8.78 Å². The molecule has 1 atom stereocenters. The molecule has 0 aromatic heterocycles. The molecule has 0 amide bonds. The molecule has 1 aliphatic rings. The van der Waals surface area contributed by atoms with Gasteiger partial charge in [-0.05, 0) is 24.1 Å². The normalized spacial score (nSPS) is 18.9. The molecule has 1 saturated heterocycles. The van der Waals surface area contributed by atoms with Crippen LogP contribution in [-0.4, -0.2) is 24.0 Å². The van der Waals surface area contributed by atoms with Crippen molar-refractivity contribution in [3.8, 4) is 0 Å². The van der Waals surface area contributed by atoms with Gasteiger partial charge in [0.1, 0.15) is 17.3 Å². The van der Waals surface area contributed by atoms with Crippen molar-refractivity contribution in [1.82, 2.24) is 4.90 Å². The van der Waals surface area contributed by atoms with Crippen LogP contribution in [0.1, 0.15) is 12.0 Å². The van der Waals surface area contributed by atoms with Gasteiger partial charge in [-0.25, -0.2) is 8.78 Å². The van der Waals surface area contributed by atoms with Crippen LogP contribution in [0.25, 0.3) is 0 Å². The number of halogens is 2. The van der Waals surface area contributed by atoms with Gasteiger partial charge in [-0.3, -0.25) is 4.90 Å². The number of hydrogen-bond donors (Lipinski definition) is 1. The summed E-state index contributed by atoms with van der Waals surface area (Å²) in [5, 5.41) is 3.00. The Labute approximate surface area is 123 Å². The van der Waals surface area contributed by atoms with Gasteiger partial charge in [-0.1, -0.05) is 36.4 Å². The van der Waals surface area contributed by atoms with Gasteiger partial charge in [0, 0.05) is 25.7 Å². The van der Waals surface area contributed by atoms with Crippen LogP contribution in [0.15, 0.2) is 48.5 Å². The lowest BCUT2D eigenvalue weighted by atomic mass is 10.2. The molecule has 21 heavy (non-hydrogen) atoms. The molecule has 0 bridgehead atoms. The van der Waals surface area contributed by atoms with Gasteiger partial charge in [-0.15, -0.1) is 0 Å². The molecule has 1 aliphatic heterocycles. The maximum Gasteiger partial charge on any atom is 0.149 e. The number of nitrogens with zero attached hydrogens (tertiary/aromatic N) is 1. The van der Waals surface area contributed by atoms with Crippen molar-refractivity contribution in [2.45, 2.75) is 19.0 Å². The predicted octanol–water partition coefficient (Wildman–Crippen LogP) is 3.65. The monoisotopic (exact) mass is 288 g/mol. The first-order valence-corrected chi connectivity index (χ1v) is 7.19. The lowest BCUT2D eigenvalue weighted by Crippen LogP contribution is -2.26. The van der Waals surface area contributed by atoms with Crippen LogP contribution in [0.2, 0.25) is 0 Å². The summed E-state index contributed by atoms with van der Waals surface area (Å²) in [6.07, 6.45) is 0.889. The van der Waals surface area contributed by atoms with Crippen LogP contribution in [0.4, 0.5) is 14.5 Å². The molecule has 1 N–H and O–H groups in total. The van der Waals surface area contributed by atoms with Gasteiger partial charge in [0.2, 0.25) is 0 Å². The van der Waals surface area contributed by atoms with Crippen molar-refractivity contribution in [2.75, 3.05) is 18.4 Å². The van der Waals surface area contributed by atoms with Crippen molar-refractivity contribution in [2.24, 2.45) is 0 Å². The van der Waals surface area contributed by atoms with Crippen molar-refractivity contribution in [3.63, 3.8) is 0 Å². The fourth-order valence-electron chi connectivity index (χ4n) is 2.78. The Morgan fingerprint density at radius 2 is 1.71 bits per heavy atom. The van der Waals surface area contributed by atoms with Crippen LogP contribution >= 0.6 is 0 Å². The van der Waals surface area contributed by atoms with Crippen LogP contribution in [0.5, 0.6) is 0 Å². The second-order valence-corrected chi connectivity index (χ2v) is 5.45. The van der Waals surface area contributed by atoms with Gasteiger partial charge in [-0.2, -0.15) is 0 Å². The minimum absolute atomic E-state index is 0.0101. The van der Waals surface area contributed by atoms with E-state index in [9.17, 15) is 8.78 Å². The minimum Gasteiger partial charge on any atom is -0.376 e. The molecule has 1 unspecified atom stereocenters. The van der Waals surface area contributed by atoms with Crippen molar-refractivity contribution >= 4 is 5.69 Å². The largest absolute Gasteiger partial charge is 0.376 e. The molecule has 110 valence electrons. The zero-order chi connectivity index (χ0) is 14.7. The topological polar surface area (TPSA) is 15.3 Å². The van der Waals surface area contributed by atoms with Crippen LogP contribution < -0.4 is 5.32 Å². The van der Waals surface area contributed by atoms with E-state index in [0.717, 1.165) is 26.1 Å². The van der Waals surface area contributed by atoms with E-state index in [2.05, 4.69) is 22.3 Å². The van der Waals surface area contributed by atoms with E-state index in [-0.39, 0.29) is 11.7 Å². The molecular weight excluding hydrogens is 270 g/mol. The predicted molar refractivity (Wildman–Crippen MR) is 80.1 cm³/mol. The first-order valence-electron chi connectivity index (χ1n) is 7.19. The number of nitrogens with one attached hydrogen (secondary N) is 1. The van der Waals surface area contributed by atoms with E-state index in [1.54, 1.807) is 0 Å². The number of benzene rings is 2. The summed E-state index contributed by atoms with van der Waals surface area (Å²) in [6, 6.07) is 14.3. The Morgan fingerprint density at radius 3 is 2.43 bits per heavy atom. The highest BCUT2D eigenvalue weighted by Crippen LogP contribution is 2.22. The molecule has 0 spiro atoms. The summed E-state index contributed by atoms with van der Waals surface area (Å²) in [5.74, 6) is -1.06. The lowest BCUT2D eigenvalue weighted by molar-refractivity contribution is 0.328. The number of hydrogen-bond acceptors (Lipinski definition) is 2. The molecule has 0 saturated carbocycles. The lowest BCUT2D eigenvalue weighted by Gasteiger charge is -2.18. The van der Waals surface area contributed by atoms with Crippen molar-refractivity contribution in [1.29, 1.82) is 0 Å². The molecule has 2 aromatic rings. The van der Waals surface area contributed by atoms with E-state index in [1.165, 1.54) is 23.8 Å². The fourth-order valence-corrected chi connectivity index (χ4v) is 2.78. The third-order valence-corrected chi connectivity index (χ3v) is 3.83. The number of anilines is 1. The zero-order valence-corrected chi connectivity index (χ0v) is 11.7. The summed E-state index contributed by atoms with van der Waals surface area (Å²) >= 11 is 0. The average Bonchev–Trinajstić information content (AvgIpc) is 2.91. The molecule has 1 heterocycles. The van der Waals surface area contributed by atoms with E-state index in [1.807, 2.05) is 18.2 Å². The van der Waals surface area contributed by atoms with E-state index < -0.39 is 11.6 Å². The highest BCUT2D eigenvalue weighted by atomic mass is 19.1. The van der Waals surface area contributed by atoms with E-state index >= 15 is 0 Å². The molecule has 3 rings (SSSR count). The number of rotatable bonds is 4. The standard InChI is InChI=1S/C17H18F2N2/c18-15-7-4-8-16(19)17(15)20-14-9-10-21(12-14)11-13-5-2-1-3-6-13/h1-8,14,20H,9-12H2. The van der Waals surface area contributed by atoms with E-state index in [0.29, 0.717) is 0 Å². The van der Waals surface area contributed by atoms with Crippen LogP contribution in [0, 0.1) is 11.6 Å². The highest BCUT2D eigenvalue weighted by Gasteiger charge is 2.24. The smallest absolute Gasteiger partial charge is 0.149 e. The maximum absolute atomic E-state index is 13.6. The first kappa shape index (κ1) is 14.0. The minimum atomic E-state index is -0.531. The summed E-state index contributed by atoms with van der Waals surface area (Å²) < 4.78 is 27.3. The molecule has 2 aromatic carbocycles. The molecule has 2 nitrogen and oxygen atoms in total. The number of likely N-dealkylation sites (tertiary alicyclic amines) is 1. The van der Waals surface area contributed by atoms with Gasteiger partial charge in [0.15, 0.2) is 0 Å². The Balaban J connectivity index is 1.60. The Morgan fingerprint density at radius 1 is 1.00 bits per heavy atom. The highest BCUT2D eigenvalue weighted by molar-refractivity contribution is 5.47.